The number of aromatic nitrogens is 5. The van der Waals surface area contributed by atoms with Gasteiger partial charge in [-0.3, -0.25) is 18.7 Å². The Morgan fingerprint density at radius 1 is 0.690 bits per heavy atom. The van der Waals surface area contributed by atoms with Crippen LogP contribution in [0.3, 0.4) is 0 Å². The van der Waals surface area contributed by atoms with Crippen molar-refractivity contribution in [3.63, 3.8) is 0 Å². The van der Waals surface area contributed by atoms with Crippen molar-refractivity contribution in [1.82, 2.24) is 19.1 Å². The second kappa shape index (κ2) is 14.6. The van der Waals surface area contributed by atoms with Gasteiger partial charge in [-0.1, -0.05) is 124 Å². The van der Waals surface area contributed by atoms with Crippen molar-refractivity contribution in [3.05, 3.63) is 144 Å². The first kappa shape index (κ1) is 34.3. The first-order valence-corrected chi connectivity index (χ1v) is 20.3. The minimum absolute atomic E-state index is 0.121. The SMILES string of the molecule is [2H]C([2H])(c1ccnc(-n2c3ccccc3c3ccc(Oc4cc(-n5[c-][n+](-c6cccc(C([2H])([2H])C(C)(C)C)c6)c6ccc(C(C)(C)C)cc65)nc(C(C)(C)C)c4)cc32)c1)C(C)C. The van der Waals surface area contributed by atoms with Crippen LogP contribution in [-0.2, 0) is 23.6 Å². The highest BCUT2D eigenvalue weighted by Crippen LogP contribution is 2.37. The highest BCUT2D eigenvalue weighted by atomic mass is 16.5. The zero-order valence-electron chi connectivity index (χ0n) is 39.7. The third-order valence-corrected chi connectivity index (χ3v) is 10.2. The molecule has 4 aromatic heterocycles. The van der Waals surface area contributed by atoms with Crippen molar-refractivity contribution in [2.45, 2.75) is 99.7 Å². The molecule has 0 radical (unpaired) electrons. The summed E-state index contributed by atoms with van der Waals surface area (Å²) in [4.78, 5) is 10.0. The molecule has 0 N–H and O–H groups in total. The average Bonchev–Trinajstić information content (AvgIpc) is 3.75. The highest BCUT2D eigenvalue weighted by Gasteiger charge is 2.23. The third kappa shape index (κ3) is 7.90. The fourth-order valence-corrected chi connectivity index (χ4v) is 7.50. The maximum absolute atomic E-state index is 9.05. The second-order valence-electron chi connectivity index (χ2n) is 18.8. The fourth-order valence-electron chi connectivity index (χ4n) is 7.50. The number of fused-ring (bicyclic) bond motifs is 4. The van der Waals surface area contributed by atoms with Gasteiger partial charge in [0.05, 0.1) is 27.8 Å². The van der Waals surface area contributed by atoms with Crippen molar-refractivity contribution >= 4 is 32.8 Å². The van der Waals surface area contributed by atoms with Crippen LogP contribution < -0.4 is 9.30 Å². The molecule has 8 aromatic rings. The van der Waals surface area contributed by atoms with Gasteiger partial charge in [0.1, 0.15) is 17.3 Å². The van der Waals surface area contributed by atoms with E-state index in [1.54, 1.807) is 12.3 Å². The summed E-state index contributed by atoms with van der Waals surface area (Å²) in [6.07, 6.45) is 2.22. The van der Waals surface area contributed by atoms with E-state index in [1.807, 2.05) is 110 Å². The van der Waals surface area contributed by atoms with Crippen LogP contribution in [0.5, 0.6) is 11.5 Å². The number of ether oxygens (including phenoxy) is 1. The lowest BCUT2D eigenvalue weighted by atomic mass is 9.87. The standard InChI is InChI=1S/C52H57N5O/c1-34(2)25-35-23-24-53-48(27-35)57-43-18-13-12-17-41(43)42-21-20-39(29-45(42)57)58-40-30-47(52(9,10)11)54-49(31-40)56-33-55(38-16-14-15-36(26-38)32-50(3,4)5)44-22-19-37(28-46(44)56)51(6,7)8/h12-24,26-31,34H,25,32H2,1-11H3/i25D2,32D2. The largest absolute Gasteiger partial charge is 0.458 e. The van der Waals surface area contributed by atoms with Crippen LogP contribution >= 0.6 is 0 Å². The van der Waals surface area contributed by atoms with Gasteiger partial charge < -0.3 is 4.74 Å². The van der Waals surface area contributed by atoms with Crippen molar-refractivity contribution < 1.29 is 14.8 Å². The van der Waals surface area contributed by atoms with Gasteiger partial charge in [-0.2, -0.15) is 0 Å². The Labute approximate surface area is 349 Å². The van der Waals surface area contributed by atoms with E-state index in [2.05, 4.69) is 88.8 Å². The highest BCUT2D eigenvalue weighted by molar-refractivity contribution is 6.09. The number of pyridine rings is 2. The summed E-state index contributed by atoms with van der Waals surface area (Å²) in [7, 11) is 0. The van der Waals surface area contributed by atoms with Gasteiger partial charge in [0, 0.05) is 51.8 Å². The van der Waals surface area contributed by atoms with Crippen molar-refractivity contribution in [1.29, 1.82) is 0 Å². The van der Waals surface area contributed by atoms with E-state index in [0.29, 0.717) is 34.3 Å². The molecule has 4 aromatic carbocycles. The van der Waals surface area contributed by atoms with Crippen molar-refractivity contribution in [2.75, 3.05) is 0 Å². The zero-order valence-corrected chi connectivity index (χ0v) is 35.7. The second-order valence-corrected chi connectivity index (χ2v) is 18.8. The molecular weight excluding hydrogens is 711 g/mol. The summed E-state index contributed by atoms with van der Waals surface area (Å²) in [5.74, 6) is 2.29. The van der Waals surface area contributed by atoms with E-state index >= 15 is 0 Å². The molecule has 0 saturated heterocycles. The molecule has 58 heavy (non-hydrogen) atoms. The van der Waals surface area contributed by atoms with Crippen molar-refractivity contribution in [3.8, 4) is 28.8 Å². The van der Waals surface area contributed by atoms with Crippen LogP contribution in [0, 0.1) is 17.7 Å². The number of rotatable bonds is 8. The first-order valence-electron chi connectivity index (χ1n) is 22.3. The molecule has 0 aliphatic rings. The lowest BCUT2D eigenvalue weighted by molar-refractivity contribution is -0.572. The Morgan fingerprint density at radius 2 is 1.47 bits per heavy atom. The van der Waals surface area contributed by atoms with Gasteiger partial charge in [-0.15, -0.1) is 0 Å². The predicted octanol–water partition coefficient (Wildman–Crippen LogP) is 12.8. The Bertz CT molecular complexity index is 2990. The maximum Gasteiger partial charge on any atom is 0.271 e. The minimum atomic E-state index is -1.57. The molecule has 0 atom stereocenters. The molecule has 0 fully saturated rings. The molecule has 296 valence electrons. The lowest BCUT2D eigenvalue weighted by Gasteiger charge is -2.21. The van der Waals surface area contributed by atoms with Crippen LogP contribution in [0.4, 0.5) is 0 Å². The molecule has 0 saturated carbocycles. The molecule has 0 aliphatic heterocycles. The van der Waals surface area contributed by atoms with Gasteiger partial charge in [-0.05, 0) is 89.2 Å². The number of nitrogens with zero attached hydrogens (tertiary/aromatic N) is 5. The van der Waals surface area contributed by atoms with Gasteiger partial charge in [0.15, 0.2) is 5.82 Å². The number of imidazole rings is 1. The number of hydrogen-bond acceptors (Lipinski definition) is 3. The maximum atomic E-state index is 9.05. The molecular formula is C52H57N5O. The number of hydrogen-bond donors (Lipinski definition) is 0. The topological polar surface area (TPSA) is 48.8 Å². The summed E-state index contributed by atoms with van der Waals surface area (Å²) in [5.41, 5.74) is 6.61. The summed E-state index contributed by atoms with van der Waals surface area (Å²) >= 11 is 0. The molecule has 0 bridgehead atoms. The van der Waals surface area contributed by atoms with Crippen molar-refractivity contribution in [2.24, 2.45) is 11.3 Å². The normalized spacial score (nSPS) is 14.2. The van der Waals surface area contributed by atoms with Crippen LogP contribution in [0.15, 0.2) is 115 Å². The summed E-state index contributed by atoms with van der Waals surface area (Å²) < 4.78 is 48.7. The van der Waals surface area contributed by atoms with E-state index < -0.39 is 18.2 Å². The zero-order chi connectivity index (χ0) is 44.7. The molecule has 0 aliphatic carbocycles. The average molecular weight is 772 g/mol. The van der Waals surface area contributed by atoms with Crippen LogP contribution in [-0.4, -0.2) is 19.1 Å². The molecule has 0 unspecified atom stereocenters. The Kier molecular flexibility index (Phi) is 8.62. The molecule has 0 amide bonds. The van der Waals surface area contributed by atoms with Gasteiger partial charge >= 0.3 is 0 Å². The van der Waals surface area contributed by atoms with Gasteiger partial charge in [0.2, 0.25) is 0 Å². The molecule has 6 heteroatoms. The van der Waals surface area contributed by atoms with Gasteiger partial charge in [-0.25, -0.2) is 4.98 Å². The summed E-state index contributed by atoms with van der Waals surface area (Å²) in [6, 6.07) is 36.1. The lowest BCUT2D eigenvalue weighted by Crippen LogP contribution is -2.30. The summed E-state index contributed by atoms with van der Waals surface area (Å²) in [5, 5.41) is 2.09. The van der Waals surface area contributed by atoms with Crippen LogP contribution in [0.25, 0.3) is 50.2 Å². The minimum Gasteiger partial charge on any atom is -0.458 e. The third-order valence-electron chi connectivity index (χ3n) is 10.2. The van der Waals surface area contributed by atoms with E-state index in [-0.39, 0.29) is 16.7 Å². The van der Waals surface area contributed by atoms with Crippen LogP contribution in [0.2, 0.25) is 0 Å². The Balaban J connectivity index is 1.29. The molecule has 0 spiro atoms. The summed E-state index contributed by atoms with van der Waals surface area (Å²) in [6.45, 7) is 22.6. The van der Waals surface area contributed by atoms with Gasteiger partial charge in [0.25, 0.3) is 6.33 Å². The monoisotopic (exact) mass is 771 g/mol. The Morgan fingerprint density at radius 3 is 2.21 bits per heavy atom. The fraction of sp³-hybridized carbons (Fsp3) is 0.327. The quantitative estimate of drug-likeness (QED) is 0.114. The number of benzene rings is 4. The van der Waals surface area contributed by atoms with E-state index in [0.717, 1.165) is 49.8 Å². The molecule has 6 nitrogen and oxygen atoms in total. The molecule has 8 rings (SSSR count). The van der Waals surface area contributed by atoms with Crippen LogP contribution in [0.1, 0.15) is 104 Å². The van der Waals surface area contributed by atoms with E-state index in [9.17, 15) is 0 Å². The smallest absolute Gasteiger partial charge is 0.271 e. The number of para-hydroxylation sites is 1. The first-order chi connectivity index (χ1) is 28.9. The molecule has 4 heterocycles. The predicted molar refractivity (Wildman–Crippen MR) is 239 cm³/mol. The van der Waals surface area contributed by atoms with E-state index in [4.69, 9.17) is 20.2 Å². The Hall–Kier alpha value is -5.75. The van der Waals surface area contributed by atoms with E-state index in [1.165, 1.54) is 0 Å².